The number of hydrogen-bond donors (Lipinski definition) is 1. The van der Waals surface area contributed by atoms with E-state index in [0.29, 0.717) is 71.9 Å². The molecule has 156 valence electrons. The smallest absolute Gasteiger partial charge is 0.261 e. The fourth-order valence-electron chi connectivity index (χ4n) is 3.38. The lowest BCUT2D eigenvalue weighted by Crippen LogP contribution is -2.34. The van der Waals surface area contributed by atoms with Crippen molar-refractivity contribution in [2.45, 2.75) is 12.8 Å². The van der Waals surface area contributed by atoms with Gasteiger partial charge in [0.15, 0.2) is 0 Å². The van der Waals surface area contributed by atoms with Crippen molar-refractivity contribution >= 4 is 46.7 Å². The molecule has 0 radical (unpaired) electrons. The zero-order valence-corrected chi connectivity index (χ0v) is 17.6. The van der Waals surface area contributed by atoms with Crippen molar-refractivity contribution < 1.29 is 14.4 Å². The van der Waals surface area contributed by atoms with Crippen LogP contribution in [0.15, 0.2) is 47.5 Å². The Morgan fingerprint density at radius 2 is 1.63 bits per heavy atom. The molecule has 4 rings (SSSR count). The maximum atomic E-state index is 12.4. The van der Waals surface area contributed by atoms with Crippen molar-refractivity contribution in [3.05, 3.63) is 63.6 Å². The Morgan fingerprint density at radius 1 is 0.967 bits per heavy atom. The predicted molar refractivity (Wildman–Crippen MR) is 116 cm³/mol. The molecule has 0 saturated carbocycles. The summed E-state index contributed by atoms with van der Waals surface area (Å²) < 4.78 is 0. The number of imide groups is 1. The van der Waals surface area contributed by atoms with Gasteiger partial charge in [-0.15, -0.1) is 0 Å². The fourth-order valence-corrected chi connectivity index (χ4v) is 3.87. The number of nitrogens with zero attached hydrogens (tertiary/aromatic N) is 3. The Labute approximate surface area is 184 Å². The topological polar surface area (TPSA) is 74.2 Å². The largest absolute Gasteiger partial charge is 0.322 e. The highest BCUT2D eigenvalue weighted by Gasteiger charge is 2.34. The molecule has 7 nitrogen and oxygen atoms in total. The Bertz CT molecular complexity index is 956. The summed E-state index contributed by atoms with van der Waals surface area (Å²) in [7, 11) is 0. The van der Waals surface area contributed by atoms with E-state index in [1.165, 1.54) is 4.90 Å². The number of guanidine groups is 1. The van der Waals surface area contributed by atoms with Gasteiger partial charge in [-0.3, -0.25) is 19.3 Å². The maximum absolute atomic E-state index is 12.4. The number of para-hydroxylation sites is 1. The number of rotatable bonds is 7. The van der Waals surface area contributed by atoms with Gasteiger partial charge >= 0.3 is 0 Å². The van der Waals surface area contributed by atoms with Crippen LogP contribution in [0.1, 0.15) is 33.6 Å². The molecular formula is C21H20Cl2N4O3. The van der Waals surface area contributed by atoms with E-state index in [2.05, 4.69) is 10.3 Å². The van der Waals surface area contributed by atoms with Gasteiger partial charge in [-0.25, -0.2) is 10.1 Å². The summed E-state index contributed by atoms with van der Waals surface area (Å²) in [6.45, 7) is 2.01. The molecular weight excluding hydrogens is 427 g/mol. The van der Waals surface area contributed by atoms with Gasteiger partial charge in [-0.2, -0.15) is 0 Å². The quantitative estimate of drug-likeness (QED) is 0.512. The second-order valence-corrected chi connectivity index (χ2v) is 7.69. The number of carbonyl (C=O) groups excluding carboxylic acids is 2. The van der Waals surface area contributed by atoms with E-state index in [1.54, 1.807) is 47.5 Å². The SMILES string of the molecule is O=C1c2ccccc2C(=O)N1CCCCON1CCN=C1Nc1c(Cl)cccc1Cl. The third-order valence-corrected chi connectivity index (χ3v) is 5.53. The van der Waals surface area contributed by atoms with Gasteiger partial charge in [0.05, 0.1) is 46.6 Å². The van der Waals surface area contributed by atoms with E-state index in [0.717, 1.165) is 0 Å². The van der Waals surface area contributed by atoms with Gasteiger partial charge in [0.1, 0.15) is 0 Å². The first-order chi connectivity index (χ1) is 14.6. The van der Waals surface area contributed by atoms with Crippen LogP contribution in [0.25, 0.3) is 0 Å². The molecule has 2 aliphatic rings. The zero-order chi connectivity index (χ0) is 21.1. The van der Waals surface area contributed by atoms with Crippen molar-refractivity contribution in [2.75, 3.05) is 31.6 Å². The Balaban J connectivity index is 1.24. The van der Waals surface area contributed by atoms with Crippen LogP contribution in [0.4, 0.5) is 5.69 Å². The van der Waals surface area contributed by atoms with Crippen LogP contribution >= 0.6 is 23.2 Å². The molecule has 30 heavy (non-hydrogen) atoms. The number of nitrogens with one attached hydrogen (secondary N) is 1. The summed E-state index contributed by atoms with van der Waals surface area (Å²) in [4.78, 5) is 36.2. The molecule has 0 aliphatic carbocycles. The molecule has 0 fully saturated rings. The first kappa shape index (κ1) is 20.7. The second-order valence-electron chi connectivity index (χ2n) is 6.88. The van der Waals surface area contributed by atoms with Gasteiger partial charge in [0.2, 0.25) is 5.96 Å². The first-order valence-corrected chi connectivity index (χ1v) is 10.4. The van der Waals surface area contributed by atoms with Crippen molar-refractivity contribution in [3.8, 4) is 0 Å². The Kier molecular flexibility index (Phi) is 6.22. The lowest BCUT2D eigenvalue weighted by molar-refractivity contribution is -0.0924. The van der Waals surface area contributed by atoms with Crippen LogP contribution in [0.3, 0.4) is 0 Å². The number of amides is 2. The van der Waals surface area contributed by atoms with Gasteiger partial charge in [-0.1, -0.05) is 41.4 Å². The van der Waals surface area contributed by atoms with E-state index >= 15 is 0 Å². The third kappa shape index (κ3) is 4.14. The number of carbonyl (C=O) groups is 2. The molecule has 2 aromatic carbocycles. The molecule has 2 heterocycles. The molecule has 9 heteroatoms. The highest BCUT2D eigenvalue weighted by atomic mass is 35.5. The number of anilines is 1. The lowest BCUT2D eigenvalue weighted by atomic mass is 10.1. The Morgan fingerprint density at radius 3 is 2.30 bits per heavy atom. The molecule has 0 spiro atoms. The van der Waals surface area contributed by atoms with Gasteiger partial charge < -0.3 is 5.32 Å². The van der Waals surface area contributed by atoms with E-state index in [1.807, 2.05) is 0 Å². The minimum atomic E-state index is -0.230. The second kappa shape index (κ2) is 9.04. The molecule has 0 atom stereocenters. The van der Waals surface area contributed by atoms with E-state index < -0.39 is 0 Å². The minimum Gasteiger partial charge on any atom is -0.322 e. The highest BCUT2D eigenvalue weighted by molar-refractivity contribution is 6.39. The van der Waals surface area contributed by atoms with Crippen molar-refractivity contribution in [2.24, 2.45) is 4.99 Å². The normalized spacial score (nSPS) is 15.6. The number of aliphatic imine (C=N–C) groups is 1. The summed E-state index contributed by atoms with van der Waals surface area (Å²) in [6, 6.07) is 12.2. The lowest BCUT2D eigenvalue weighted by Gasteiger charge is -2.21. The summed E-state index contributed by atoms with van der Waals surface area (Å²) in [6.07, 6.45) is 1.33. The summed E-state index contributed by atoms with van der Waals surface area (Å²) in [5, 5.41) is 5.79. The molecule has 1 N–H and O–H groups in total. The number of fused-ring (bicyclic) bond motifs is 1. The van der Waals surface area contributed by atoms with Crippen LogP contribution in [0, 0.1) is 0 Å². The van der Waals surface area contributed by atoms with E-state index in [4.69, 9.17) is 28.0 Å². The van der Waals surface area contributed by atoms with E-state index in [9.17, 15) is 9.59 Å². The zero-order valence-electron chi connectivity index (χ0n) is 16.1. The fraction of sp³-hybridized carbons (Fsp3) is 0.286. The number of hydroxylamine groups is 2. The summed E-state index contributed by atoms with van der Waals surface area (Å²) >= 11 is 12.4. The molecule has 0 unspecified atom stereocenters. The van der Waals surface area contributed by atoms with Crippen molar-refractivity contribution in [1.29, 1.82) is 0 Å². The van der Waals surface area contributed by atoms with Crippen LogP contribution in [-0.4, -0.2) is 54.0 Å². The van der Waals surface area contributed by atoms with E-state index in [-0.39, 0.29) is 11.8 Å². The highest BCUT2D eigenvalue weighted by Crippen LogP contribution is 2.30. The maximum Gasteiger partial charge on any atom is 0.261 e. The van der Waals surface area contributed by atoms with Gasteiger partial charge in [0.25, 0.3) is 11.8 Å². The molecule has 0 bridgehead atoms. The van der Waals surface area contributed by atoms with Crippen LogP contribution in [-0.2, 0) is 4.84 Å². The number of unbranched alkanes of at least 4 members (excludes halogenated alkanes) is 1. The van der Waals surface area contributed by atoms with Crippen molar-refractivity contribution in [3.63, 3.8) is 0 Å². The number of halogens is 2. The number of hydrogen-bond acceptors (Lipinski definition) is 6. The third-order valence-electron chi connectivity index (χ3n) is 4.90. The van der Waals surface area contributed by atoms with Gasteiger partial charge in [0, 0.05) is 6.54 Å². The average molecular weight is 447 g/mol. The monoisotopic (exact) mass is 446 g/mol. The van der Waals surface area contributed by atoms with Crippen LogP contribution in [0.2, 0.25) is 10.0 Å². The van der Waals surface area contributed by atoms with Gasteiger partial charge in [-0.05, 0) is 37.1 Å². The predicted octanol–water partition coefficient (Wildman–Crippen LogP) is 4.08. The van der Waals surface area contributed by atoms with Crippen LogP contribution < -0.4 is 5.32 Å². The first-order valence-electron chi connectivity index (χ1n) is 9.67. The average Bonchev–Trinajstić information content (AvgIpc) is 3.28. The summed E-state index contributed by atoms with van der Waals surface area (Å²) in [5.41, 5.74) is 1.53. The Hall–Kier alpha value is -2.61. The standard InChI is InChI=1S/C21H20Cl2N4O3/c22-16-8-5-9-17(23)18(16)25-21-24-10-12-27(21)30-13-4-3-11-26-19(28)14-6-1-2-7-15(14)20(26)29/h1-2,5-9H,3-4,10-13H2,(H,24,25). The van der Waals surface area contributed by atoms with Crippen molar-refractivity contribution in [1.82, 2.24) is 9.96 Å². The molecule has 2 aliphatic heterocycles. The molecule has 0 saturated heterocycles. The molecule has 2 amide bonds. The number of benzene rings is 2. The molecule has 0 aromatic heterocycles. The molecule has 2 aromatic rings. The minimum absolute atomic E-state index is 0.230. The van der Waals surface area contributed by atoms with Crippen LogP contribution in [0.5, 0.6) is 0 Å². The summed E-state index contributed by atoms with van der Waals surface area (Å²) in [5.74, 6) is 0.0861.